The lowest BCUT2D eigenvalue weighted by Gasteiger charge is -2.23. The van der Waals surface area contributed by atoms with Gasteiger partial charge in [0.05, 0.1) is 24.9 Å². The molecule has 0 aliphatic heterocycles. The first-order chi connectivity index (χ1) is 13.3. The van der Waals surface area contributed by atoms with Crippen LogP contribution in [0.2, 0.25) is 0 Å². The number of halogens is 1. The summed E-state index contributed by atoms with van der Waals surface area (Å²) in [5.74, 6) is 1.76. The van der Waals surface area contributed by atoms with Crippen molar-refractivity contribution < 1.29 is 4.74 Å². The summed E-state index contributed by atoms with van der Waals surface area (Å²) >= 11 is 0. The molecular formula is C22H31IN4O. The Balaban J connectivity index is 0.00000280. The van der Waals surface area contributed by atoms with Crippen molar-refractivity contribution in [2.24, 2.45) is 4.99 Å². The Bertz CT molecular complexity index is 700. The molecule has 0 amide bonds. The first-order valence-electron chi connectivity index (χ1n) is 10.0. The van der Waals surface area contributed by atoms with Crippen LogP contribution in [0.5, 0.6) is 5.75 Å². The summed E-state index contributed by atoms with van der Waals surface area (Å²) in [6, 6.07) is 14.2. The number of aliphatic imine (C=N–C) groups is 1. The molecule has 6 heteroatoms. The summed E-state index contributed by atoms with van der Waals surface area (Å²) in [6.45, 7) is 4.17. The molecule has 1 aromatic carbocycles. The molecule has 1 aliphatic carbocycles. The maximum absolute atomic E-state index is 6.09. The molecule has 2 N–H and O–H groups in total. The standard InChI is InChI=1S/C22H30N4O.HI/c1-2-23-22(26-17-19-8-6-7-15-24-19)25-16-18-11-13-21(14-12-18)27-20-9-4-3-5-10-20;/h6-8,11-15,20H,2-5,9-10,16-17H2,1H3,(H2,23,25,26);1H. The maximum atomic E-state index is 6.09. The summed E-state index contributed by atoms with van der Waals surface area (Å²) < 4.78 is 6.09. The van der Waals surface area contributed by atoms with Crippen molar-refractivity contribution in [3.8, 4) is 5.75 Å². The van der Waals surface area contributed by atoms with Crippen molar-refractivity contribution in [2.45, 2.75) is 58.2 Å². The van der Waals surface area contributed by atoms with E-state index in [4.69, 9.17) is 4.74 Å². The molecule has 0 atom stereocenters. The van der Waals surface area contributed by atoms with Crippen molar-refractivity contribution in [3.05, 3.63) is 59.9 Å². The smallest absolute Gasteiger partial charge is 0.191 e. The van der Waals surface area contributed by atoms with E-state index in [9.17, 15) is 0 Å². The zero-order chi connectivity index (χ0) is 18.7. The molecule has 5 nitrogen and oxygen atoms in total. The van der Waals surface area contributed by atoms with Gasteiger partial charge in [-0.1, -0.05) is 24.6 Å². The Kier molecular flexibility index (Phi) is 10.1. The summed E-state index contributed by atoms with van der Waals surface area (Å²) in [6.07, 6.45) is 8.47. The number of ether oxygens (including phenoxy) is 1. The SMILES string of the molecule is CCNC(=NCc1ccc(OC2CCCCC2)cc1)NCc1ccccn1.I. The molecule has 28 heavy (non-hydrogen) atoms. The topological polar surface area (TPSA) is 58.5 Å². The third kappa shape index (κ3) is 7.66. The monoisotopic (exact) mass is 494 g/mol. The van der Waals surface area contributed by atoms with E-state index in [0.29, 0.717) is 19.2 Å². The van der Waals surface area contributed by atoms with Crippen LogP contribution in [-0.4, -0.2) is 23.6 Å². The van der Waals surface area contributed by atoms with Gasteiger partial charge in [0.2, 0.25) is 0 Å². The highest BCUT2D eigenvalue weighted by Crippen LogP contribution is 2.23. The number of hydrogen-bond acceptors (Lipinski definition) is 3. The fraction of sp³-hybridized carbons (Fsp3) is 0.455. The van der Waals surface area contributed by atoms with Crippen molar-refractivity contribution in [2.75, 3.05) is 6.54 Å². The van der Waals surface area contributed by atoms with Crippen LogP contribution in [0.25, 0.3) is 0 Å². The quantitative estimate of drug-likeness (QED) is 0.334. The van der Waals surface area contributed by atoms with Crippen LogP contribution in [0.1, 0.15) is 50.3 Å². The molecule has 1 heterocycles. The molecule has 0 spiro atoms. The van der Waals surface area contributed by atoms with Crippen LogP contribution in [0.4, 0.5) is 0 Å². The van der Waals surface area contributed by atoms with Gasteiger partial charge in [-0.15, -0.1) is 24.0 Å². The summed E-state index contributed by atoms with van der Waals surface area (Å²) in [7, 11) is 0. The molecular weight excluding hydrogens is 463 g/mol. The van der Waals surface area contributed by atoms with Crippen molar-refractivity contribution in [1.82, 2.24) is 15.6 Å². The number of nitrogens with one attached hydrogen (secondary N) is 2. The minimum absolute atomic E-state index is 0. The second-order valence-corrected chi connectivity index (χ2v) is 6.89. The summed E-state index contributed by atoms with van der Waals surface area (Å²) in [5, 5.41) is 6.60. The maximum Gasteiger partial charge on any atom is 0.191 e. The minimum Gasteiger partial charge on any atom is -0.490 e. The number of hydrogen-bond donors (Lipinski definition) is 2. The molecule has 1 saturated carbocycles. The van der Waals surface area contributed by atoms with Gasteiger partial charge in [0.1, 0.15) is 5.75 Å². The van der Waals surface area contributed by atoms with Crippen molar-refractivity contribution in [3.63, 3.8) is 0 Å². The highest BCUT2D eigenvalue weighted by atomic mass is 127. The van der Waals surface area contributed by atoms with Crippen LogP contribution in [0.3, 0.4) is 0 Å². The second-order valence-electron chi connectivity index (χ2n) is 6.89. The molecule has 1 fully saturated rings. The fourth-order valence-corrected chi connectivity index (χ4v) is 3.24. The van der Waals surface area contributed by atoms with Crippen molar-refractivity contribution in [1.29, 1.82) is 0 Å². The fourth-order valence-electron chi connectivity index (χ4n) is 3.24. The molecule has 0 bridgehead atoms. The molecule has 0 saturated heterocycles. The zero-order valence-electron chi connectivity index (χ0n) is 16.6. The summed E-state index contributed by atoms with van der Waals surface area (Å²) in [4.78, 5) is 9.00. The molecule has 1 aliphatic rings. The van der Waals surface area contributed by atoms with E-state index in [0.717, 1.165) is 23.9 Å². The first kappa shape index (κ1) is 22.5. The van der Waals surface area contributed by atoms with Gasteiger partial charge >= 0.3 is 0 Å². The molecule has 1 aromatic heterocycles. The molecule has 3 rings (SSSR count). The van der Waals surface area contributed by atoms with E-state index < -0.39 is 0 Å². The zero-order valence-corrected chi connectivity index (χ0v) is 18.9. The van der Waals surface area contributed by atoms with E-state index in [1.165, 1.54) is 37.7 Å². The average Bonchev–Trinajstić information content (AvgIpc) is 2.73. The predicted molar refractivity (Wildman–Crippen MR) is 125 cm³/mol. The lowest BCUT2D eigenvalue weighted by Crippen LogP contribution is -2.36. The van der Waals surface area contributed by atoms with E-state index in [1.54, 1.807) is 6.20 Å². The van der Waals surface area contributed by atoms with Gasteiger partial charge in [0, 0.05) is 12.7 Å². The lowest BCUT2D eigenvalue weighted by atomic mass is 9.98. The van der Waals surface area contributed by atoms with Gasteiger partial charge in [-0.2, -0.15) is 0 Å². The number of nitrogens with zero attached hydrogens (tertiary/aromatic N) is 2. The Labute approximate surface area is 185 Å². The van der Waals surface area contributed by atoms with E-state index >= 15 is 0 Å². The van der Waals surface area contributed by atoms with E-state index in [-0.39, 0.29) is 24.0 Å². The number of benzene rings is 1. The van der Waals surface area contributed by atoms with Crippen molar-refractivity contribution >= 4 is 29.9 Å². The first-order valence-corrected chi connectivity index (χ1v) is 10.0. The van der Waals surface area contributed by atoms with Gasteiger partial charge in [0.15, 0.2) is 5.96 Å². The third-order valence-electron chi connectivity index (χ3n) is 4.71. The second kappa shape index (κ2) is 12.6. The molecule has 0 radical (unpaired) electrons. The highest BCUT2D eigenvalue weighted by Gasteiger charge is 2.14. The number of pyridine rings is 1. The average molecular weight is 494 g/mol. The Morgan fingerprint density at radius 2 is 1.86 bits per heavy atom. The van der Waals surface area contributed by atoms with E-state index in [1.807, 2.05) is 18.2 Å². The number of aromatic nitrogens is 1. The van der Waals surface area contributed by atoms with Crippen LogP contribution >= 0.6 is 24.0 Å². The van der Waals surface area contributed by atoms with Crippen LogP contribution in [0, 0.1) is 0 Å². The van der Waals surface area contributed by atoms with Gasteiger partial charge in [0.25, 0.3) is 0 Å². The van der Waals surface area contributed by atoms with Crippen LogP contribution in [0.15, 0.2) is 53.7 Å². The Hall–Kier alpha value is -1.83. The molecule has 152 valence electrons. The van der Waals surface area contributed by atoms with Gasteiger partial charge in [-0.3, -0.25) is 4.98 Å². The highest BCUT2D eigenvalue weighted by molar-refractivity contribution is 14.0. The number of guanidine groups is 1. The lowest BCUT2D eigenvalue weighted by molar-refractivity contribution is 0.155. The van der Waals surface area contributed by atoms with Crippen LogP contribution in [-0.2, 0) is 13.1 Å². The van der Waals surface area contributed by atoms with E-state index in [2.05, 4.69) is 51.8 Å². The molecule has 0 unspecified atom stereocenters. The normalized spacial score (nSPS) is 14.8. The third-order valence-corrected chi connectivity index (χ3v) is 4.71. The number of rotatable bonds is 7. The minimum atomic E-state index is 0. The largest absolute Gasteiger partial charge is 0.490 e. The molecule has 2 aromatic rings. The van der Waals surface area contributed by atoms with Gasteiger partial charge in [-0.05, 0) is 62.4 Å². The Morgan fingerprint density at radius 1 is 1.07 bits per heavy atom. The van der Waals surface area contributed by atoms with Crippen LogP contribution < -0.4 is 15.4 Å². The van der Waals surface area contributed by atoms with Gasteiger partial charge in [-0.25, -0.2) is 4.99 Å². The predicted octanol–water partition coefficient (Wildman–Crippen LogP) is 4.67. The summed E-state index contributed by atoms with van der Waals surface area (Å²) in [5.41, 5.74) is 2.16. The van der Waals surface area contributed by atoms with Gasteiger partial charge < -0.3 is 15.4 Å². The Morgan fingerprint density at radius 3 is 2.54 bits per heavy atom.